The van der Waals surface area contributed by atoms with Crippen LogP contribution in [0.1, 0.15) is 11.1 Å². The number of benzene rings is 3. The Kier molecular flexibility index (Phi) is 4.29. The lowest BCUT2D eigenvalue weighted by Crippen LogP contribution is -2.14. The van der Waals surface area contributed by atoms with Crippen LogP contribution in [0.25, 0.3) is 10.8 Å². The first-order valence-corrected chi connectivity index (χ1v) is 7.58. The monoisotopic (exact) mass is 305 g/mol. The summed E-state index contributed by atoms with van der Waals surface area (Å²) in [5.41, 5.74) is 2.82. The molecule has 0 unspecified atom stereocenters. The number of hydrogen-bond donors (Lipinski definition) is 1. The summed E-state index contributed by atoms with van der Waals surface area (Å²) >= 11 is 0. The van der Waals surface area contributed by atoms with Crippen molar-refractivity contribution < 1.29 is 9.53 Å². The summed E-state index contributed by atoms with van der Waals surface area (Å²) < 4.78 is 5.24. The van der Waals surface area contributed by atoms with E-state index in [-0.39, 0.29) is 5.91 Å². The number of hydrogen-bond acceptors (Lipinski definition) is 2. The van der Waals surface area contributed by atoms with Gasteiger partial charge in [-0.05, 0) is 47.0 Å². The van der Waals surface area contributed by atoms with Gasteiger partial charge in [0.1, 0.15) is 5.75 Å². The number of methoxy groups -OCH3 is 1. The lowest BCUT2D eigenvalue weighted by Gasteiger charge is -2.09. The van der Waals surface area contributed by atoms with Gasteiger partial charge < -0.3 is 10.1 Å². The minimum absolute atomic E-state index is 0.0233. The van der Waals surface area contributed by atoms with Crippen molar-refractivity contribution in [2.45, 2.75) is 13.3 Å². The van der Waals surface area contributed by atoms with Crippen molar-refractivity contribution in [3.05, 3.63) is 71.8 Å². The highest BCUT2D eigenvalue weighted by molar-refractivity contribution is 5.95. The van der Waals surface area contributed by atoms with Gasteiger partial charge >= 0.3 is 0 Å². The van der Waals surface area contributed by atoms with Gasteiger partial charge in [0, 0.05) is 5.69 Å². The molecule has 0 aliphatic heterocycles. The van der Waals surface area contributed by atoms with E-state index in [4.69, 9.17) is 4.74 Å². The van der Waals surface area contributed by atoms with Crippen molar-refractivity contribution in [2.24, 2.45) is 0 Å². The Morgan fingerprint density at radius 2 is 1.78 bits per heavy atom. The highest BCUT2D eigenvalue weighted by atomic mass is 16.5. The first kappa shape index (κ1) is 15.1. The molecule has 3 rings (SSSR count). The average molecular weight is 305 g/mol. The maximum Gasteiger partial charge on any atom is 0.228 e. The Bertz CT molecular complexity index is 855. The van der Waals surface area contributed by atoms with Crippen molar-refractivity contribution in [3.8, 4) is 5.75 Å². The normalized spacial score (nSPS) is 10.5. The summed E-state index contributed by atoms with van der Waals surface area (Å²) in [7, 11) is 1.65. The molecule has 0 heterocycles. The van der Waals surface area contributed by atoms with Gasteiger partial charge in [-0.2, -0.15) is 0 Å². The van der Waals surface area contributed by atoms with Crippen LogP contribution in [0.2, 0.25) is 0 Å². The molecule has 0 aliphatic carbocycles. The van der Waals surface area contributed by atoms with Crippen molar-refractivity contribution in [1.82, 2.24) is 0 Å². The molecule has 3 nitrogen and oxygen atoms in total. The van der Waals surface area contributed by atoms with Gasteiger partial charge in [-0.3, -0.25) is 4.79 Å². The summed E-state index contributed by atoms with van der Waals surface area (Å²) in [5.74, 6) is 0.813. The highest BCUT2D eigenvalue weighted by Crippen LogP contribution is 2.21. The number of nitrogens with one attached hydrogen (secondary N) is 1. The molecule has 0 saturated carbocycles. The summed E-state index contributed by atoms with van der Waals surface area (Å²) in [6.45, 7) is 1.98. The minimum atomic E-state index is -0.0233. The lowest BCUT2D eigenvalue weighted by molar-refractivity contribution is -0.115. The Balaban J connectivity index is 1.71. The number of rotatable bonds is 4. The molecule has 1 N–H and O–H groups in total. The van der Waals surface area contributed by atoms with Crippen LogP contribution in [-0.4, -0.2) is 13.0 Å². The number of aryl methyl sites for hydroxylation is 1. The second-order valence-corrected chi connectivity index (χ2v) is 5.59. The maximum absolute atomic E-state index is 12.2. The van der Waals surface area contributed by atoms with Crippen LogP contribution in [0, 0.1) is 6.92 Å². The van der Waals surface area contributed by atoms with E-state index in [0.29, 0.717) is 6.42 Å². The molecular weight excluding hydrogens is 286 g/mol. The van der Waals surface area contributed by atoms with Gasteiger partial charge in [0.2, 0.25) is 5.91 Å². The Hall–Kier alpha value is -2.81. The van der Waals surface area contributed by atoms with E-state index < -0.39 is 0 Å². The molecule has 0 aromatic heterocycles. The van der Waals surface area contributed by atoms with E-state index in [1.807, 2.05) is 61.5 Å². The van der Waals surface area contributed by atoms with E-state index in [1.165, 1.54) is 0 Å². The second kappa shape index (κ2) is 6.53. The molecule has 0 atom stereocenters. The van der Waals surface area contributed by atoms with Crippen molar-refractivity contribution >= 4 is 22.4 Å². The largest absolute Gasteiger partial charge is 0.496 e. The first-order valence-electron chi connectivity index (χ1n) is 7.58. The third-order valence-corrected chi connectivity index (χ3v) is 3.86. The zero-order valence-electron chi connectivity index (χ0n) is 13.3. The molecule has 3 heteroatoms. The molecule has 0 bridgehead atoms. The van der Waals surface area contributed by atoms with Crippen LogP contribution in [0.3, 0.4) is 0 Å². The van der Waals surface area contributed by atoms with Gasteiger partial charge in [0.25, 0.3) is 0 Å². The molecule has 23 heavy (non-hydrogen) atoms. The Labute approximate surface area is 135 Å². The number of carbonyl (C=O) groups excluding carboxylic acids is 1. The van der Waals surface area contributed by atoms with Crippen LogP contribution >= 0.6 is 0 Å². The van der Waals surface area contributed by atoms with Gasteiger partial charge in [0.15, 0.2) is 0 Å². The molecule has 0 aliphatic rings. The van der Waals surface area contributed by atoms with E-state index in [1.54, 1.807) is 7.11 Å². The summed E-state index contributed by atoms with van der Waals surface area (Å²) in [5, 5.41) is 5.24. The fourth-order valence-electron chi connectivity index (χ4n) is 2.71. The SMILES string of the molecule is COc1ccc(CC(=O)Nc2ccc3ccccc3c2)cc1C. The minimum Gasteiger partial charge on any atom is -0.496 e. The lowest BCUT2D eigenvalue weighted by atomic mass is 10.1. The smallest absolute Gasteiger partial charge is 0.228 e. The van der Waals surface area contributed by atoms with E-state index >= 15 is 0 Å². The van der Waals surface area contributed by atoms with Crippen LogP contribution in [0.5, 0.6) is 5.75 Å². The predicted molar refractivity (Wildman–Crippen MR) is 94.0 cm³/mol. The van der Waals surface area contributed by atoms with Gasteiger partial charge in [-0.1, -0.05) is 42.5 Å². The van der Waals surface area contributed by atoms with Gasteiger partial charge in [0.05, 0.1) is 13.5 Å². The van der Waals surface area contributed by atoms with Crippen LogP contribution in [0.4, 0.5) is 5.69 Å². The van der Waals surface area contributed by atoms with Crippen molar-refractivity contribution in [1.29, 1.82) is 0 Å². The fraction of sp³-hybridized carbons (Fsp3) is 0.150. The molecule has 0 radical (unpaired) electrons. The molecule has 0 spiro atoms. The molecule has 3 aromatic carbocycles. The zero-order valence-corrected chi connectivity index (χ0v) is 13.3. The molecule has 116 valence electrons. The number of ether oxygens (including phenoxy) is 1. The average Bonchev–Trinajstić information content (AvgIpc) is 2.55. The topological polar surface area (TPSA) is 38.3 Å². The zero-order chi connectivity index (χ0) is 16.2. The van der Waals surface area contributed by atoms with Crippen molar-refractivity contribution in [2.75, 3.05) is 12.4 Å². The third-order valence-electron chi connectivity index (χ3n) is 3.86. The van der Waals surface area contributed by atoms with Crippen LogP contribution < -0.4 is 10.1 Å². The van der Waals surface area contributed by atoms with Gasteiger partial charge in [-0.25, -0.2) is 0 Å². The molecule has 0 saturated heterocycles. The highest BCUT2D eigenvalue weighted by Gasteiger charge is 2.07. The van der Waals surface area contributed by atoms with Crippen molar-refractivity contribution in [3.63, 3.8) is 0 Å². The predicted octanol–water partition coefficient (Wildman–Crippen LogP) is 4.34. The van der Waals surface area contributed by atoms with E-state index in [2.05, 4.69) is 11.4 Å². The Morgan fingerprint density at radius 3 is 2.52 bits per heavy atom. The Morgan fingerprint density at radius 1 is 1.00 bits per heavy atom. The number of anilines is 1. The summed E-state index contributed by atoms with van der Waals surface area (Å²) in [6.07, 6.45) is 0.345. The van der Waals surface area contributed by atoms with E-state index in [9.17, 15) is 4.79 Å². The number of fused-ring (bicyclic) bond motifs is 1. The fourth-order valence-corrected chi connectivity index (χ4v) is 2.71. The van der Waals surface area contributed by atoms with Crippen LogP contribution in [0.15, 0.2) is 60.7 Å². The number of amides is 1. The van der Waals surface area contributed by atoms with E-state index in [0.717, 1.165) is 33.3 Å². The summed E-state index contributed by atoms with van der Waals surface area (Å²) in [4.78, 5) is 12.2. The molecule has 0 fully saturated rings. The third kappa shape index (κ3) is 3.51. The second-order valence-electron chi connectivity index (χ2n) is 5.59. The molecular formula is C20H19NO2. The number of carbonyl (C=O) groups is 1. The van der Waals surface area contributed by atoms with Crippen LogP contribution in [-0.2, 0) is 11.2 Å². The first-order chi connectivity index (χ1) is 11.2. The summed E-state index contributed by atoms with van der Waals surface area (Å²) in [6, 6.07) is 19.8. The molecule has 3 aromatic rings. The van der Waals surface area contributed by atoms with Gasteiger partial charge in [-0.15, -0.1) is 0 Å². The molecule has 1 amide bonds. The quantitative estimate of drug-likeness (QED) is 0.778. The standard InChI is InChI=1S/C20H19NO2/c1-14-11-15(7-10-19(14)23-2)12-20(22)21-18-9-8-16-5-3-4-6-17(16)13-18/h3-11,13H,12H2,1-2H3,(H,21,22). The maximum atomic E-state index is 12.2.